The second kappa shape index (κ2) is 6.37. The van der Waals surface area contributed by atoms with Crippen molar-refractivity contribution in [1.82, 2.24) is 0 Å². The Kier molecular flexibility index (Phi) is 4.11. The maximum Gasteiger partial charge on any atom is 0.268 e. The summed E-state index contributed by atoms with van der Waals surface area (Å²) in [5, 5.41) is 18.7. The molecule has 23 heavy (non-hydrogen) atoms. The number of amides is 1. The number of nitrogens with zero attached hydrogens (tertiary/aromatic N) is 2. The number of carbonyl (C=O) groups is 1. The average Bonchev–Trinajstić information content (AvgIpc) is 2.60. The minimum Gasteiger partial charge on any atom is -0.508 e. The Morgan fingerprint density at radius 1 is 1.17 bits per heavy atom. The first kappa shape index (κ1) is 14.9. The predicted molar refractivity (Wildman–Crippen MR) is 88.8 cm³/mol. The summed E-state index contributed by atoms with van der Waals surface area (Å²) in [4.78, 5) is 14.4. The summed E-state index contributed by atoms with van der Waals surface area (Å²) in [6.45, 7) is 0.616. The number of hydrogen-bond donors (Lipinski definition) is 1. The summed E-state index contributed by atoms with van der Waals surface area (Å²) >= 11 is 0. The van der Waals surface area contributed by atoms with E-state index in [1.807, 2.05) is 30.3 Å². The van der Waals surface area contributed by atoms with Gasteiger partial charge < -0.3 is 10.0 Å². The number of nitriles is 1. The molecule has 1 heterocycles. The fraction of sp³-hybridized carbons (Fsp3) is 0.158. The molecule has 2 aromatic rings. The zero-order valence-electron chi connectivity index (χ0n) is 12.6. The quantitative estimate of drug-likeness (QED) is 0.684. The van der Waals surface area contributed by atoms with Crippen LogP contribution in [0.4, 0.5) is 5.69 Å². The van der Waals surface area contributed by atoms with Crippen LogP contribution in [-0.4, -0.2) is 17.6 Å². The van der Waals surface area contributed by atoms with E-state index in [0.29, 0.717) is 12.1 Å². The van der Waals surface area contributed by atoms with Gasteiger partial charge in [-0.2, -0.15) is 5.26 Å². The van der Waals surface area contributed by atoms with Gasteiger partial charge in [0.1, 0.15) is 17.4 Å². The van der Waals surface area contributed by atoms with Crippen molar-refractivity contribution >= 4 is 17.7 Å². The first-order chi connectivity index (χ1) is 11.2. The van der Waals surface area contributed by atoms with Gasteiger partial charge in [-0.25, -0.2) is 0 Å². The third-order valence-corrected chi connectivity index (χ3v) is 3.91. The molecule has 2 aromatic carbocycles. The van der Waals surface area contributed by atoms with Crippen LogP contribution >= 0.6 is 0 Å². The highest BCUT2D eigenvalue weighted by molar-refractivity contribution is 6.11. The van der Waals surface area contributed by atoms with Gasteiger partial charge in [0.2, 0.25) is 0 Å². The number of phenolic OH excluding ortho intramolecular Hbond substituents is 1. The van der Waals surface area contributed by atoms with Gasteiger partial charge in [0.15, 0.2) is 0 Å². The SMILES string of the molecule is N#C/C(=C\c1ccc(O)cc1)C(=O)N1CCCc2ccccc21. The van der Waals surface area contributed by atoms with Crippen LogP contribution in [0, 0.1) is 11.3 Å². The van der Waals surface area contributed by atoms with E-state index in [-0.39, 0.29) is 17.2 Å². The molecule has 0 saturated carbocycles. The van der Waals surface area contributed by atoms with Crippen LogP contribution in [-0.2, 0) is 11.2 Å². The van der Waals surface area contributed by atoms with E-state index < -0.39 is 0 Å². The number of anilines is 1. The minimum absolute atomic E-state index is 0.0902. The second-order valence-corrected chi connectivity index (χ2v) is 5.45. The number of aryl methyl sites for hydroxylation is 1. The standard InChI is InChI=1S/C19H16N2O2/c20-13-16(12-14-7-9-17(22)10-8-14)19(23)21-11-3-5-15-4-1-2-6-18(15)21/h1-2,4,6-10,12,22H,3,5,11H2/b16-12+. The lowest BCUT2D eigenvalue weighted by molar-refractivity contribution is -0.114. The number of para-hydroxylation sites is 1. The number of carbonyl (C=O) groups excluding carboxylic acids is 1. The van der Waals surface area contributed by atoms with Crippen molar-refractivity contribution in [3.05, 3.63) is 65.2 Å². The van der Waals surface area contributed by atoms with E-state index in [2.05, 4.69) is 0 Å². The molecule has 1 aliphatic rings. The van der Waals surface area contributed by atoms with Gasteiger partial charge in [0.25, 0.3) is 5.91 Å². The van der Waals surface area contributed by atoms with E-state index >= 15 is 0 Å². The summed E-state index contributed by atoms with van der Waals surface area (Å²) in [6, 6.07) is 16.2. The Hall–Kier alpha value is -3.06. The topological polar surface area (TPSA) is 64.3 Å². The van der Waals surface area contributed by atoms with Crippen LogP contribution in [0.15, 0.2) is 54.1 Å². The molecule has 1 aliphatic heterocycles. The van der Waals surface area contributed by atoms with Crippen LogP contribution in [0.1, 0.15) is 17.5 Å². The molecular weight excluding hydrogens is 288 g/mol. The molecule has 0 fully saturated rings. The molecule has 0 aliphatic carbocycles. The molecule has 0 saturated heterocycles. The van der Waals surface area contributed by atoms with Gasteiger partial charge in [-0.15, -0.1) is 0 Å². The molecule has 4 nitrogen and oxygen atoms in total. The van der Waals surface area contributed by atoms with Gasteiger partial charge in [-0.3, -0.25) is 4.79 Å². The van der Waals surface area contributed by atoms with E-state index in [0.717, 1.165) is 24.1 Å². The maximum atomic E-state index is 12.7. The highest BCUT2D eigenvalue weighted by Gasteiger charge is 2.24. The minimum atomic E-state index is -0.285. The summed E-state index contributed by atoms with van der Waals surface area (Å²) < 4.78 is 0. The lowest BCUT2D eigenvalue weighted by Crippen LogP contribution is -2.36. The summed E-state index contributed by atoms with van der Waals surface area (Å²) in [5.41, 5.74) is 2.81. The Balaban J connectivity index is 1.93. The smallest absolute Gasteiger partial charge is 0.268 e. The van der Waals surface area contributed by atoms with E-state index in [1.165, 1.54) is 12.1 Å². The van der Waals surface area contributed by atoms with E-state index in [1.54, 1.807) is 23.1 Å². The molecule has 0 atom stereocenters. The van der Waals surface area contributed by atoms with Crippen LogP contribution in [0.2, 0.25) is 0 Å². The summed E-state index contributed by atoms with van der Waals surface area (Å²) in [6.07, 6.45) is 3.39. The van der Waals surface area contributed by atoms with Crippen LogP contribution in [0.25, 0.3) is 6.08 Å². The molecule has 3 rings (SSSR count). The average molecular weight is 304 g/mol. The highest BCUT2D eigenvalue weighted by Crippen LogP contribution is 2.28. The van der Waals surface area contributed by atoms with Gasteiger partial charge in [0.05, 0.1) is 0 Å². The lowest BCUT2D eigenvalue weighted by atomic mass is 10.0. The van der Waals surface area contributed by atoms with Crippen LogP contribution < -0.4 is 4.90 Å². The normalized spacial score (nSPS) is 14.0. The number of benzene rings is 2. The molecule has 0 spiro atoms. The first-order valence-electron chi connectivity index (χ1n) is 7.49. The number of rotatable bonds is 2. The molecule has 1 amide bonds. The number of hydrogen-bond acceptors (Lipinski definition) is 3. The van der Waals surface area contributed by atoms with Crippen LogP contribution in [0.3, 0.4) is 0 Å². The molecular formula is C19H16N2O2. The van der Waals surface area contributed by atoms with Crippen molar-refractivity contribution < 1.29 is 9.90 Å². The van der Waals surface area contributed by atoms with Gasteiger partial charge in [0, 0.05) is 12.2 Å². The fourth-order valence-corrected chi connectivity index (χ4v) is 2.77. The zero-order valence-corrected chi connectivity index (χ0v) is 12.6. The zero-order chi connectivity index (χ0) is 16.2. The molecule has 0 aromatic heterocycles. The Morgan fingerprint density at radius 3 is 2.65 bits per heavy atom. The summed E-state index contributed by atoms with van der Waals surface area (Å²) in [7, 11) is 0. The first-order valence-corrected chi connectivity index (χ1v) is 7.49. The van der Waals surface area contributed by atoms with Gasteiger partial charge in [-0.05, 0) is 48.2 Å². The summed E-state index contributed by atoms with van der Waals surface area (Å²) in [5.74, 6) is -0.135. The van der Waals surface area contributed by atoms with Crippen molar-refractivity contribution in [2.45, 2.75) is 12.8 Å². The number of aromatic hydroxyl groups is 1. The number of fused-ring (bicyclic) bond motifs is 1. The van der Waals surface area contributed by atoms with E-state index in [4.69, 9.17) is 0 Å². The molecule has 114 valence electrons. The molecule has 0 unspecified atom stereocenters. The van der Waals surface area contributed by atoms with Gasteiger partial charge in [-0.1, -0.05) is 30.3 Å². The molecule has 0 bridgehead atoms. The molecule has 4 heteroatoms. The van der Waals surface area contributed by atoms with Crippen molar-refractivity contribution in [3.8, 4) is 11.8 Å². The van der Waals surface area contributed by atoms with Crippen molar-refractivity contribution in [2.24, 2.45) is 0 Å². The Morgan fingerprint density at radius 2 is 1.91 bits per heavy atom. The third kappa shape index (κ3) is 3.09. The predicted octanol–water partition coefficient (Wildman–Crippen LogP) is 3.28. The monoisotopic (exact) mass is 304 g/mol. The van der Waals surface area contributed by atoms with E-state index in [9.17, 15) is 15.2 Å². The highest BCUT2D eigenvalue weighted by atomic mass is 16.3. The number of phenols is 1. The molecule has 0 radical (unpaired) electrons. The Labute approximate surface area is 134 Å². The largest absolute Gasteiger partial charge is 0.508 e. The fourth-order valence-electron chi connectivity index (χ4n) is 2.77. The van der Waals surface area contributed by atoms with Crippen molar-refractivity contribution in [1.29, 1.82) is 5.26 Å². The Bertz CT molecular complexity index is 801. The third-order valence-electron chi connectivity index (χ3n) is 3.91. The molecule has 1 N–H and O–H groups in total. The lowest BCUT2D eigenvalue weighted by Gasteiger charge is -2.29. The van der Waals surface area contributed by atoms with Crippen LogP contribution in [0.5, 0.6) is 5.75 Å². The maximum absolute atomic E-state index is 12.7. The van der Waals surface area contributed by atoms with Gasteiger partial charge >= 0.3 is 0 Å². The van der Waals surface area contributed by atoms with Crippen molar-refractivity contribution in [3.63, 3.8) is 0 Å². The van der Waals surface area contributed by atoms with Crippen molar-refractivity contribution in [2.75, 3.05) is 11.4 Å². The second-order valence-electron chi connectivity index (χ2n) is 5.45.